The quantitative estimate of drug-likeness (QED) is 0.109. The van der Waals surface area contributed by atoms with Crippen molar-refractivity contribution in [1.82, 2.24) is 4.98 Å². The van der Waals surface area contributed by atoms with E-state index >= 15 is 0 Å². The number of carbonyl (C=O) groups is 2. The first kappa shape index (κ1) is 33.7. The maximum atomic E-state index is 13.4. The number of hydrogen-bond donors (Lipinski definition) is 2. The third-order valence-corrected chi connectivity index (χ3v) is 10.3. The lowest BCUT2D eigenvalue weighted by molar-refractivity contribution is -0.138. The molecule has 0 saturated heterocycles. The van der Waals surface area contributed by atoms with Gasteiger partial charge in [-0.05, 0) is 106 Å². The van der Waals surface area contributed by atoms with Crippen molar-refractivity contribution >= 4 is 81.3 Å². The second kappa shape index (κ2) is 13.1. The summed E-state index contributed by atoms with van der Waals surface area (Å²) in [5, 5.41) is 12.2. The number of aromatic nitrogens is 1. The maximum Gasteiger partial charge on any atom is 0.416 e. The molecule has 0 fully saturated rings. The number of nitrogens with one attached hydrogen (secondary N) is 1. The summed E-state index contributed by atoms with van der Waals surface area (Å²) in [6, 6.07) is 9.84. The minimum absolute atomic E-state index is 0.0219. The predicted molar refractivity (Wildman–Crippen MR) is 159 cm³/mol. The summed E-state index contributed by atoms with van der Waals surface area (Å²) in [6.07, 6.45) is -9.39. The SMILES string of the molecule is O=C(O)c1c(Br)c(Br)c(Br)c(Br)c1C(=O)Nc1ccc(Oc2cccc(C(F)(F)F)c2)nc1Oc1cccc(C(F)(F)F)c1. The monoisotopic (exact) mass is 874 g/mol. The molecule has 3 aromatic carbocycles. The molecular formula is C27H12Br4F6N2O5. The van der Waals surface area contributed by atoms with Crippen LogP contribution in [0.5, 0.6) is 23.3 Å². The van der Waals surface area contributed by atoms with Crippen molar-refractivity contribution in [2.24, 2.45) is 0 Å². The summed E-state index contributed by atoms with van der Waals surface area (Å²) in [4.78, 5) is 29.5. The number of carbonyl (C=O) groups excluding carboxylic acids is 1. The van der Waals surface area contributed by atoms with Gasteiger partial charge in [0.25, 0.3) is 5.91 Å². The van der Waals surface area contributed by atoms with E-state index in [0.717, 1.165) is 36.4 Å². The van der Waals surface area contributed by atoms with Crippen LogP contribution in [-0.2, 0) is 12.4 Å². The number of ether oxygens (including phenoxy) is 2. The molecule has 230 valence electrons. The van der Waals surface area contributed by atoms with Crippen LogP contribution in [0, 0.1) is 0 Å². The minimum atomic E-state index is -4.72. The molecule has 0 bridgehead atoms. The first-order valence-electron chi connectivity index (χ1n) is 11.6. The van der Waals surface area contributed by atoms with E-state index < -0.39 is 46.8 Å². The number of carboxylic acids is 1. The van der Waals surface area contributed by atoms with Crippen LogP contribution in [0.3, 0.4) is 0 Å². The topological polar surface area (TPSA) is 97.8 Å². The highest BCUT2D eigenvalue weighted by atomic mass is 79.9. The largest absolute Gasteiger partial charge is 0.478 e. The molecule has 0 radical (unpaired) electrons. The number of alkyl halides is 6. The maximum absolute atomic E-state index is 13.4. The molecule has 1 amide bonds. The molecule has 0 aliphatic heterocycles. The van der Waals surface area contributed by atoms with Crippen LogP contribution in [0.4, 0.5) is 32.0 Å². The molecule has 1 aromatic heterocycles. The summed E-state index contributed by atoms with van der Waals surface area (Å²) in [5.74, 6) is -3.96. The number of amides is 1. The molecule has 0 atom stereocenters. The Kier molecular flexibility index (Phi) is 10.0. The number of hydrogen-bond acceptors (Lipinski definition) is 5. The minimum Gasteiger partial charge on any atom is -0.478 e. The summed E-state index contributed by atoms with van der Waals surface area (Å²) < 4.78 is 91.1. The molecule has 4 rings (SSSR count). The highest BCUT2D eigenvalue weighted by molar-refractivity contribution is 9.15. The zero-order valence-corrected chi connectivity index (χ0v) is 27.4. The van der Waals surface area contributed by atoms with Gasteiger partial charge in [-0.15, -0.1) is 0 Å². The second-order valence-corrected chi connectivity index (χ2v) is 11.7. The van der Waals surface area contributed by atoms with E-state index in [0.29, 0.717) is 12.1 Å². The molecule has 17 heteroatoms. The van der Waals surface area contributed by atoms with E-state index in [9.17, 15) is 41.0 Å². The number of nitrogens with zero attached hydrogens (tertiary/aromatic N) is 1. The van der Waals surface area contributed by atoms with Crippen molar-refractivity contribution in [1.29, 1.82) is 0 Å². The first-order chi connectivity index (χ1) is 20.5. The molecule has 2 N–H and O–H groups in total. The number of aromatic carboxylic acids is 1. The van der Waals surface area contributed by atoms with Crippen LogP contribution in [0.25, 0.3) is 0 Å². The van der Waals surface area contributed by atoms with E-state index in [1.54, 1.807) is 0 Å². The zero-order valence-electron chi connectivity index (χ0n) is 21.1. The Morgan fingerprint density at radius 1 is 0.705 bits per heavy atom. The fourth-order valence-corrected chi connectivity index (χ4v) is 6.06. The van der Waals surface area contributed by atoms with Crippen LogP contribution in [0.1, 0.15) is 31.8 Å². The third-order valence-electron chi connectivity index (χ3n) is 5.55. The zero-order chi connectivity index (χ0) is 32.6. The number of pyridine rings is 1. The summed E-state index contributed by atoms with van der Waals surface area (Å²) in [6.45, 7) is 0. The predicted octanol–water partition coefficient (Wildman–Crippen LogP) is 10.7. The Bertz CT molecular complexity index is 1780. The second-order valence-electron chi connectivity index (χ2n) is 8.52. The molecule has 7 nitrogen and oxygen atoms in total. The van der Waals surface area contributed by atoms with Gasteiger partial charge in [0.2, 0.25) is 11.8 Å². The molecule has 0 aliphatic rings. The van der Waals surface area contributed by atoms with Gasteiger partial charge in [-0.3, -0.25) is 4.79 Å². The van der Waals surface area contributed by atoms with Gasteiger partial charge < -0.3 is 19.9 Å². The van der Waals surface area contributed by atoms with Crippen molar-refractivity contribution < 1.29 is 50.5 Å². The average Bonchev–Trinajstić information content (AvgIpc) is 2.94. The third kappa shape index (κ3) is 7.55. The Morgan fingerprint density at radius 2 is 1.20 bits per heavy atom. The van der Waals surface area contributed by atoms with Crippen molar-refractivity contribution in [3.63, 3.8) is 0 Å². The van der Waals surface area contributed by atoms with Gasteiger partial charge in [-0.25, -0.2) is 4.79 Å². The Morgan fingerprint density at radius 3 is 1.70 bits per heavy atom. The number of anilines is 1. The number of halogens is 10. The van der Waals surface area contributed by atoms with Gasteiger partial charge in [0.15, 0.2) is 0 Å². The van der Waals surface area contributed by atoms with E-state index in [4.69, 9.17) is 9.47 Å². The number of benzene rings is 3. The van der Waals surface area contributed by atoms with E-state index in [1.807, 2.05) is 0 Å². The highest BCUT2D eigenvalue weighted by Crippen LogP contribution is 2.43. The van der Waals surface area contributed by atoms with Gasteiger partial charge in [0.1, 0.15) is 17.2 Å². The molecule has 0 saturated carbocycles. The van der Waals surface area contributed by atoms with Crippen molar-refractivity contribution in [2.45, 2.75) is 12.4 Å². The first-order valence-corrected chi connectivity index (χ1v) is 14.8. The van der Waals surface area contributed by atoms with Crippen molar-refractivity contribution in [2.75, 3.05) is 5.32 Å². The molecule has 1 heterocycles. The number of rotatable bonds is 7. The normalized spacial score (nSPS) is 11.7. The van der Waals surface area contributed by atoms with Gasteiger partial charge in [0, 0.05) is 24.0 Å². The van der Waals surface area contributed by atoms with Gasteiger partial charge in [-0.1, -0.05) is 12.1 Å². The van der Waals surface area contributed by atoms with Crippen molar-refractivity contribution in [3.8, 4) is 23.3 Å². The molecule has 4 aromatic rings. The summed E-state index contributed by atoms with van der Waals surface area (Å²) in [7, 11) is 0. The van der Waals surface area contributed by atoms with Gasteiger partial charge >= 0.3 is 18.3 Å². The fourth-order valence-electron chi connectivity index (χ4n) is 3.59. The lowest BCUT2D eigenvalue weighted by Gasteiger charge is -2.17. The average molecular weight is 878 g/mol. The lowest BCUT2D eigenvalue weighted by Crippen LogP contribution is -2.19. The molecular weight excluding hydrogens is 866 g/mol. The Labute approximate surface area is 277 Å². The van der Waals surface area contributed by atoms with E-state index in [-0.39, 0.29) is 46.5 Å². The number of carboxylic acid groups (broad SMARTS) is 1. The summed E-state index contributed by atoms with van der Waals surface area (Å²) in [5.41, 5.74) is -3.11. The van der Waals surface area contributed by atoms with Crippen LogP contribution in [0.15, 0.2) is 78.6 Å². The van der Waals surface area contributed by atoms with Gasteiger partial charge in [0.05, 0.1) is 22.3 Å². The smallest absolute Gasteiger partial charge is 0.416 e. The highest BCUT2D eigenvalue weighted by Gasteiger charge is 2.32. The van der Waals surface area contributed by atoms with Gasteiger partial charge in [-0.2, -0.15) is 31.3 Å². The molecule has 0 aliphatic carbocycles. The summed E-state index contributed by atoms with van der Waals surface area (Å²) >= 11 is 12.8. The standard InChI is InChI=1S/C27H12Br4F6N2O5/c28-19-17(18(25(41)42)20(29)22(31)21(19)30)23(40)38-15-7-8-16(43-13-5-1-3-11(9-13)26(32,33)34)39-24(15)44-14-6-2-4-12(10-14)27(35,36)37/h1-10H,(H,38,40)(H,41,42). The molecule has 0 spiro atoms. The lowest BCUT2D eigenvalue weighted by atomic mass is 10.1. The Balaban J connectivity index is 1.78. The van der Waals surface area contributed by atoms with Crippen LogP contribution >= 0.6 is 63.7 Å². The van der Waals surface area contributed by atoms with E-state index in [1.165, 1.54) is 12.1 Å². The Hall–Kier alpha value is -3.15. The van der Waals surface area contributed by atoms with Crippen LogP contribution in [-0.4, -0.2) is 22.0 Å². The fraction of sp³-hybridized carbons (Fsp3) is 0.0741. The molecule has 44 heavy (non-hydrogen) atoms. The van der Waals surface area contributed by atoms with Crippen LogP contribution in [0.2, 0.25) is 0 Å². The van der Waals surface area contributed by atoms with Crippen molar-refractivity contribution in [3.05, 3.63) is 101 Å². The van der Waals surface area contributed by atoms with E-state index in [2.05, 4.69) is 74.0 Å². The molecule has 0 unspecified atom stereocenters. The van der Waals surface area contributed by atoms with Crippen LogP contribution < -0.4 is 14.8 Å².